The normalized spacial score (nSPS) is 23.9. The summed E-state index contributed by atoms with van der Waals surface area (Å²) in [4.78, 5) is 16.7. The lowest BCUT2D eigenvalue weighted by molar-refractivity contribution is -0.0175. The molecule has 0 spiro atoms. The zero-order valence-electron chi connectivity index (χ0n) is 13.6. The van der Waals surface area contributed by atoms with E-state index >= 15 is 0 Å². The summed E-state index contributed by atoms with van der Waals surface area (Å²) in [6, 6.07) is 8.17. The first-order valence-electron chi connectivity index (χ1n) is 8.18. The highest BCUT2D eigenvalue weighted by atomic mass is 32.1. The quantitative estimate of drug-likeness (QED) is 0.791. The Balaban J connectivity index is 1.58. The molecule has 1 saturated carbocycles. The van der Waals surface area contributed by atoms with Gasteiger partial charge in [-0.3, -0.25) is 4.79 Å². The predicted octanol–water partition coefficient (Wildman–Crippen LogP) is 2.05. The van der Waals surface area contributed by atoms with Crippen LogP contribution in [0.25, 0.3) is 0 Å². The molecule has 1 heterocycles. The van der Waals surface area contributed by atoms with Crippen molar-refractivity contribution in [3.63, 3.8) is 0 Å². The van der Waals surface area contributed by atoms with Gasteiger partial charge in [0, 0.05) is 17.8 Å². The highest BCUT2D eigenvalue weighted by Gasteiger charge is 2.28. The van der Waals surface area contributed by atoms with Crippen LogP contribution >= 0.6 is 11.3 Å². The number of rotatable bonds is 4. The van der Waals surface area contributed by atoms with Crippen LogP contribution in [0, 0.1) is 6.92 Å². The Morgan fingerprint density at radius 2 is 2.00 bits per heavy atom. The average Bonchev–Trinajstić information content (AvgIpc) is 3.02. The molecule has 1 fully saturated rings. The summed E-state index contributed by atoms with van der Waals surface area (Å²) in [7, 11) is 0. The molecule has 1 aromatic heterocycles. The van der Waals surface area contributed by atoms with Crippen LogP contribution in [0.3, 0.4) is 0 Å². The van der Waals surface area contributed by atoms with Crippen LogP contribution in [-0.4, -0.2) is 39.4 Å². The van der Waals surface area contributed by atoms with Gasteiger partial charge in [0.2, 0.25) is 0 Å². The molecule has 3 N–H and O–H groups in total. The number of amides is 1. The third-order valence-electron chi connectivity index (χ3n) is 4.38. The Morgan fingerprint density at radius 1 is 1.25 bits per heavy atom. The van der Waals surface area contributed by atoms with E-state index in [9.17, 15) is 15.0 Å². The molecule has 0 bridgehead atoms. The van der Waals surface area contributed by atoms with Crippen molar-refractivity contribution in [1.29, 1.82) is 0 Å². The molecule has 0 radical (unpaired) electrons. The summed E-state index contributed by atoms with van der Waals surface area (Å²) in [5, 5.41) is 24.8. The first-order chi connectivity index (χ1) is 11.5. The fraction of sp³-hybridized carbons (Fsp3) is 0.444. The number of hydrogen-bond donors (Lipinski definition) is 3. The van der Waals surface area contributed by atoms with Gasteiger partial charge in [-0.05, 0) is 31.7 Å². The lowest BCUT2D eigenvalue weighted by Gasteiger charge is -2.30. The standard InChI is InChI=1S/C18H22N2O3S/c1-11-2-4-12(5-3-11)8-17-20-14(10-24-17)18(23)19-13-6-7-15(21)16(22)9-13/h2-5,10,13,15-16,21-22H,6-9H2,1H3,(H,19,23)/t13?,15-,16+/m1/s1. The number of hydrogen-bond acceptors (Lipinski definition) is 5. The van der Waals surface area contributed by atoms with Gasteiger partial charge in [0.25, 0.3) is 5.91 Å². The molecule has 1 aliphatic rings. The molecule has 1 amide bonds. The van der Waals surface area contributed by atoms with Crippen LogP contribution in [0.15, 0.2) is 29.6 Å². The molecule has 2 aromatic rings. The molecular formula is C18H22N2O3S. The van der Waals surface area contributed by atoms with E-state index in [1.165, 1.54) is 22.5 Å². The van der Waals surface area contributed by atoms with Crippen molar-refractivity contribution in [1.82, 2.24) is 10.3 Å². The SMILES string of the molecule is Cc1ccc(Cc2nc(C(=O)NC3CC[C@@H](O)[C@@H](O)C3)cs2)cc1. The predicted molar refractivity (Wildman–Crippen MR) is 93.2 cm³/mol. The zero-order valence-corrected chi connectivity index (χ0v) is 14.4. The molecule has 1 aromatic carbocycles. The highest BCUT2D eigenvalue weighted by molar-refractivity contribution is 7.09. The number of aryl methyl sites for hydroxylation is 1. The maximum atomic E-state index is 12.3. The van der Waals surface area contributed by atoms with Gasteiger partial charge in [-0.25, -0.2) is 4.98 Å². The van der Waals surface area contributed by atoms with Crippen molar-refractivity contribution >= 4 is 17.2 Å². The minimum absolute atomic E-state index is 0.113. The van der Waals surface area contributed by atoms with Gasteiger partial charge in [0.05, 0.1) is 17.2 Å². The number of nitrogens with one attached hydrogen (secondary N) is 1. The second kappa shape index (κ2) is 7.42. The van der Waals surface area contributed by atoms with Gasteiger partial charge >= 0.3 is 0 Å². The molecule has 3 rings (SSSR count). The van der Waals surface area contributed by atoms with E-state index in [0.29, 0.717) is 31.4 Å². The summed E-state index contributed by atoms with van der Waals surface area (Å²) in [6.07, 6.45) is 0.821. The van der Waals surface area contributed by atoms with E-state index in [1.54, 1.807) is 5.38 Å². The van der Waals surface area contributed by atoms with E-state index in [0.717, 1.165) is 5.01 Å². The molecular weight excluding hydrogens is 324 g/mol. The van der Waals surface area contributed by atoms with Crippen LogP contribution in [-0.2, 0) is 6.42 Å². The second-order valence-corrected chi connectivity index (χ2v) is 7.35. The molecule has 5 nitrogen and oxygen atoms in total. The van der Waals surface area contributed by atoms with E-state index in [4.69, 9.17) is 0 Å². The van der Waals surface area contributed by atoms with Crippen molar-refractivity contribution in [3.05, 3.63) is 51.5 Å². The number of thiazole rings is 1. The summed E-state index contributed by atoms with van der Waals surface area (Å²) in [5.41, 5.74) is 2.81. The van der Waals surface area contributed by atoms with Crippen LogP contribution in [0.1, 0.15) is 45.9 Å². The minimum Gasteiger partial charge on any atom is -0.390 e. The molecule has 6 heteroatoms. The van der Waals surface area contributed by atoms with Crippen molar-refractivity contribution in [2.24, 2.45) is 0 Å². The molecule has 0 aliphatic heterocycles. The summed E-state index contributed by atoms with van der Waals surface area (Å²) in [5.74, 6) is -0.213. The van der Waals surface area contributed by atoms with E-state index in [-0.39, 0.29) is 11.9 Å². The first kappa shape index (κ1) is 17.1. The number of carbonyl (C=O) groups excluding carboxylic acids is 1. The number of aliphatic hydroxyl groups excluding tert-OH is 2. The maximum Gasteiger partial charge on any atom is 0.270 e. The lowest BCUT2D eigenvalue weighted by Crippen LogP contribution is -2.44. The number of benzene rings is 1. The van der Waals surface area contributed by atoms with Crippen molar-refractivity contribution < 1.29 is 15.0 Å². The summed E-state index contributed by atoms with van der Waals surface area (Å²) in [6.45, 7) is 2.05. The summed E-state index contributed by atoms with van der Waals surface area (Å²) < 4.78 is 0. The topological polar surface area (TPSA) is 82.5 Å². The average molecular weight is 346 g/mol. The molecule has 24 heavy (non-hydrogen) atoms. The van der Waals surface area contributed by atoms with Crippen LogP contribution in [0.5, 0.6) is 0 Å². The number of nitrogens with zero attached hydrogens (tertiary/aromatic N) is 1. The summed E-state index contributed by atoms with van der Waals surface area (Å²) >= 11 is 1.48. The van der Waals surface area contributed by atoms with E-state index in [2.05, 4.69) is 41.5 Å². The van der Waals surface area contributed by atoms with Gasteiger partial charge in [-0.1, -0.05) is 29.8 Å². The third kappa shape index (κ3) is 4.20. The largest absolute Gasteiger partial charge is 0.390 e. The maximum absolute atomic E-state index is 12.3. The van der Waals surface area contributed by atoms with Gasteiger partial charge in [0.15, 0.2) is 0 Å². The lowest BCUT2D eigenvalue weighted by atomic mass is 9.90. The molecule has 3 atom stereocenters. The molecule has 0 saturated heterocycles. The van der Waals surface area contributed by atoms with Crippen molar-refractivity contribution in [2.45, 2.75) is 50.9 Å². The number of aliphatic hydroxyl groups is 2. The Morgan fingerprint density at radius 3 is 2.71 bits per heavy atom. The van der Waals surface area contributed by atoms with Crippen LogP contribution < -0.4 is 5.32 Å². The van der Waals surface area contributed by atoms with E-state index in [1.807, 2.05) is 0 Å². The fourth-order valence-corrected chi connectivity index (χ4v) is 3.71. The first-order valence-corrected chi connectivity index (χ1v) is 9.06. The third-order valence-corrected chi connectivity index (χ3v) is 5.23. The Kier molecular flexibility index (Phi) is 5.28. The molecule has 1 aliphatic carbocycles. The molecule has 1 unspecified atom stereocenters. The Labute approximate surface area is 145 Å². The van der Waals surface area contributed by atoms with Crippen molar-refractivity contribution in [2.75, 3.05) is 0 Å². The van der Waals surface area contributed by atoms with Gasteiger partial charge < -0.3 is 15.5 Å². The smallest absolute Gasteiger partial charge is 0.270 e. The fourth-order valence-electron chi connectivity index (χ4n) is 2.90. The number of carbonyl (C=O) groups is 1. The Bertz CT molecular complexity index is 699. The monoisotopic (exact) mass is 346 g/mol. The van der Waals surface area contributed by atoms with Gasteiger partial charge in [-0.2, -0.15) is 0 Å². The minimum atomic E-state index is -0.767. The van der Waals surface area contributed by atoms with Crippen LogP contribution in [0.2, 0.25) is 0 Å². The number of aromatic nitrogens is 1. The highest BCUT2D eigenvalue weighted by Crippen LogP contribution is 2.20. The van der Waals surface area contributed by atoms with Gasteiger partial charge in [-0.15, -0.1) is 11.3 Å². The van der Waals surface area contributed by atoms with Crippen molar-refractivity contribution in [3.8, 4) is 0 Å². The molecule has 128 valence electrons. The van der Waals surface area contributed by atoms with Crippen LogP contribution in [0.4, 0.5) is 0 Å². The van der Waals surface area contributed by atoms with E-state index < -0.39 is 12.2 Å². The zero-order chi connectivity index (χ0) is 17.1. The van der Waals surface area contributed by atoms with Gasteiger partial charge in [0.1, 0.15) is 5.69 Å². The second-order valence-electron chi connectivity index (χ2n) is 6.41. The Hall–Kier alpha value is -1.76.